The standard InChI is InChI=1S/C17H13N3O/c1-20(16-8-3-2-5-12(16)11-18)17(21)14-6-4-7-15-13(14)9-10-19-15/h2-10,19H,1H3. The van der Waals surface area contributed by atoms with Crippen LogP contribution in [0.1, 0.15) is 15.9 Å². The zero-order valence-corrected chi connectivity index (χ0v) is 11.5. The molecular formula is C17H13N3O. The number of hydrogen-bond donors (Lipinski definition) is 1. The van der Waals surface area contributed by atoms with Gasteiger partial charge in [-0.15, -0.1) is 0 Å². The quantitative estimate of drug-likeness (QED) is 0.780. The summed E-state index contributed by atoms with van der Waals surface area (Å²) < 4.78 is 0. The third-order valence-electron chi connectivity index (χ3n) is 3.52. The Kier molecular flexibility index (Phi) is 3.17. The molecule has 1 N–H and O–H groups in total. The first-order valence-corrected chi connectivity index (χ1v) is 6.55. The molecule has 0 saturated carbocycles. The van der Waals surface area contributed by atoms with E-state index in [2.05, 4.69) is 11.1 Å². The van der Waals surface area contributed by atoms with E-state index in [9.17, 15) is 4.79 Å². The number of rotatable bonds is 2. The number of nitrogens with one attached hydrogen (secondary N) is 1. The van der Waals surface area contributed by atoms with Crippen molar-refractivity contribution in [3.05, 3.63) is 65.9 Å². The molecule has 0 aliphatic carbocycles. The van der Waals surface area contributed by atoms with Gasteiger partial charge in [0, 0.05) is 29.7 Å². The maximum absolute atomic E-state index is 12.7. The van der Waals surface area contributed by atoms with Crippen molar-refractivity contribution in [1.82, 2.24) is 4.98 Å². The smallest absolute Gasteiger partial charge is 0.258 e. The average molecular weight is 275 g/mol. The number of anilines is 1. The largest absolute Gasteiger partial charge is 0.361 e. The molecular weight excluding hydrogens is 262 g/mol. The number of hydrogen-bond acceptors (Lipinski definition) is 2. The van der Waals surface area contributed by atoms with Gasteiger partial charge in [0.2, 0.25) is 0 Å². The van der Waals surface area contributed by atoms with Crippen molar-refractivity contribution >= 4 is 22.5 Å². The normalized spacial score (nSPS) is 10.3. The molecule has 0 unspecified atom stereocenters. The van der Waals surface area contributed by atoms with E-state index >= 15 is 0 Å². The molecule has 0 fully saturated rings. The van der Waals surface area contributed by atoms with E-state index in [-0.39, 0.29) is 5.91 Å². The predicted molar refractivity (Wildman–Crippen MR) is 82.2 cm³/mol. The molecule has 0 aliphatic rings. The third-order valence-corrected chi connectivity index (χ3v) is 3.52. The summed E-state index contributed by atoms with van der Waals surface area (Å²) in [5, 5.41) is 10.0. The summed E-state index contributed by atoms with van der Waals surface area (Å²) in [4.78, 5) is 17.3. The van der Waals surface area contributed by atoms with Crippen LogP contribution in [0.25, 0.3) is 10.9 Å². The van der Waals surface area contributed by atoms with Crippen LogP contribution in [0.5, 0.6) is 0 Å². The van der Waals surface area contributed by atoms with Gasteiger partial charge in [0.15, 0.2) is 0 Å². The van der Waals surface area contributed by atoms with Crippen LogP contribution < -0.4 is 4.90 Å². The second-order valence-electron chi connectivity index (χ2n) is 4.74. The number of amides is 1. The van der Waals surface area contributed by atoms with Gasteiger partial charge in [-0.2, -0.15) is 5.26 Å². The Bertz CT molecular complexity index is 858. The Balaban J connectivity index is 2.06. The monoisotopic (exact) mass is 275 g/mol. The SMILES string of the molecule is CN(C(=O)c1cccc2[nH]ccc12)c1ccccc1C#N. The van der Waals surface area contributed by atoms with E-state index in [1.54, 1.807) is 31.3 Å². The van der Waals surface area contributed by atoms with Crippen molar-refractivity contribution in [3.63, 3.8) is 0 Å². The van der Waals surface area contributed by atoms with E-state index < -0.39 is 0 Å². The van der Waals surface area contributed by atoms with Crippen molar-refractivity contribution in [2.75, 3.05) is 11.9 Å². The van der Waals surface area contributed by atoms with E-state index in [0.717, 1.165) is 10.9 Å². The van der Waals surface area contributed by atoms with Gasteiger partial charge in [-0.25, -0.2) is 0 Å². The average Bonchev–Trinajstić information content (AvgIpc) is 3.02. The molecule has 1 heterocycles. The fraction of sp³-hybridized carbons (Fsp3) is 0.0588. The number of nitriles is 1. The van der Waals surface area contributed by atoms with Crippen molar-refractivity contribution < 1.29 is 4.79 Å². The Morgan fingerprint density at radius 3 is 2.76 bits per heavy atom. The van der Waals surface area contributed by atoms with E-state index in [0.29, 0.717) is 16.8 Å². The Morgan fingerprint density at radius 2 is 1.95 bits per heavy atom. The molecule has 1 amide bonds. The van der Waals surface area contributed by atoms with Gasteiger partial charge in [0.05, 0.1) is 11.3 Å². The molecule has 0 radical (unpaired) electrons. The number of carbonyl (C=O) groups is 1. The first-order chi connectivity index (χ1) is 10.2. The highest BCUT2D eigenvalue weighted by Gasteiger charge is 2.18. The number of nitrogens with zero attached hydrogens (tertiary/aromatic N) is 2. The molecule has 3 rings (SSSR count). The number of fused-ring (bicyclic) bond motifs is 1. The van der Waals surface area contributed by atoms with Gasteiger partial charge in [0.25, 0.3) is 5.91 Å². The number of H-pyrrole nitrogens is 1. The van der Waals surface area contributed by atoms with Gasteiger partial charge in [-0.1, -0.05) is 18.2 Å². The lowest BCUT2D eigenvalue weighted by atomic mass is 10.1. The van der Waals surface area contributed by atoms with Crippen LogP contribution in [0.2, 0.25) is 0 Å². The van der Waals surface area contributed by atoms with E-state index in [1.165, 1.54) is 4.90 Å². The maximum atomic E-state index is 12.7. The molecule has 21 heavy (non-hydrogen) atoms. The minimum atomic E-state index is -0.136. The van der Waals surface area contributed by atoms with Crippen molar-refractivity contribution in [2.45, 2.75) is 0 Å². The second kappa shape index (κ2) is 5.14. The zero-order valence-electron chi connectivity index (χ0n) is 11.5. The summed E-state index contributed by atoms with van der Waals surface area (Å²) in [6, 6.07) is 16.6. The first-order valence-electron chi connectivity index (χ1n) is 6.55. The summed E-state index contributed by atoms with van der Waals surface area (Å²) in [7, 11) is 1.68. The number of benzene rings is 2. The molecule has 3 aromatic rings. The van der Waals surface area contributed by atoms with Crippen LogP contribution >= 0.6 is 0 Å². The Hall–Kier alpha value is -3.06. The number of para-hydroxylation sites is 1. The maximum Gasteiger partial charge on any atom is 0.258 e. The molecule has 0 atom stereocenters. The fourth-order valence-corrected chi connectivity index (χ4v) is 2.42. The zero-order chi connectivity index (χ0) is 14.8. The lowest BCUT2D eigenvalue weighted by molar-refractivity contribution is 0.0994. The highest BCUT2D eigenvalue weighted by molar-refractivity contribution is 6.13. The molecule has 2 aromatic carbocycles. The highest BCUT2D eigenvalue weighted by Crippen LogP contribution is 2.23. The summed E-state index contributed by atoms with van der Waals surface area (Å²) >= 11 is 0. The van der Waals surface area contributed by atoms with Crippen LogP contribution in [0.3, 0.4) is 0 Å². The van der Waals surface area contributed by atoms with Gasteiger partial charge in [-0.3, -0.25) is 4.79 Å². The summed E-state index contributed by atoms with van der Waals surface area (Å²) in [5.74, 6) is -0.136. The van der Waals surface area contributed by atoms with E-state index in [4.69, 9.17) is 5.26 Å². The second-order valence-corrected chi connectivity index (χ2v) is 4.74. The molecule has 4 heteroatoms. The molecule has 0 saturated heterocycles. The summed E-state index contributed by atoms with van der Waals surface area (Å²) in [6.07, 6.45) is 1.81. The predicted octanol–water partition coefficient (Wildman–Crippen LogP) is 3.32. The first kappa shape index (κ1) is 12.9. The Labute approximate surface area is 122 Å². The van der Waals surface area contributed by atoms with Gasteiger partial charge in [-0.05, 0) is 30.3 Å². The number of aromatic nitrogens is 1. The lowest BCUT2D eigenvalue weighted by Gasteiger charge is -2.19. The van der Waals surface area contributed by atoms with Gasteiger partial charge in [0.1, 0.15) is 6.07 Å². The summed E-state index contributed by atoms with van der Waals surface area (Å²) in [5.41, 5.74) is 2.62. The minimum absolute atomic E-state index is 0.136. The van der Waals surface area contributed by atoms with E-state index in [1.807, 2.05) is 30.5 Å². The molecule has 0 spiro atoms. The third kappa shape index (κ3) is 2.15. The summed E-state index contributed by atoms with van der Waals surface area (Å²) in [6.45, 7) is 0. The topological polar surface area (TPSA) is 59.9 Å². The fourth-order valence-electron chi connectivity index (χ4n) is 2.42. The molecule has 1 aromatic heterocycles. The molecule has 0 aliphatic heterocycles. The van der Waals surface area contributed by atoms with Crippen LogP contribution in [-0.2, 0) is 0 Å². The van der Waals surface area contributed by atoms with Gasteiger partial charge >= 0.3 is 0 Å². The van der Waals surface area contributed by atoms with Crippen LogP contribution in [-0.4, -0.2) is 17.9 Å². The van der Waals surface area contributed by atoms with Gasteiger partial charge < -0.3 is 9.88 Å². The number of carbonyl (C=O) groups excluding carboxylic acids is 1. The Morgan fingerprint density at radius 1 is 1.14 bits per heavy atom. The van der Waals surface area contributed by atoms with Crippen molar-refractivity contribution in [2.24, 2.45) is 0 Å². The lowest BCUT2D eigenvalue weighted by Crippen LogP contribution is -2.27. The van der Waals surface area contributed by atoms with Crippen LogP contribution in [0.4, 0.5) is 5.69 Å². The number of aromatic amines is 1. The molecule has 102 valence electrons. The van der Waals surface area contributed by atoms with Crippen LogP contribution in [0, 0.1) is 11.3 Å². The highest BCUT2D eigenvalue weighted by atomic mass is 16.2. The van der Waals surface area contributed by atoms with Crippen molar-refractivity contribution in [3.8, 4) is 6.07 Å². The van der Waals surface area contributed by atoms with Crippen LogP contribution in [0.15, 0.2) is 54.7 Å². The molecule has 4 nitrogen and oxygen atoms in total. The minimum Gasteiger partial charge on any atom is -0.361 e. The van der Waals surface area contributed by atoms with Crippen molar-refractivity contribution in [1.29, 1.82) is 5.26 Å². The molecule has 0 bridgehead atoms.